The molecule has 2 fully saturated rings. The van der Waals surface area contributed by atoms with E-state index in [1.165, 1.54) is 4.90 Å². The number of benzene rings is 1. The third-order valence-corrected chi connectivity index (χ3v) is 5.89. The Balaban J connectivity index is 1.22. The number of carbonyl (C=O) groups is 3. The summed E-state index contributed by atoms with van der Waals surface area (Å²) in [6.07, 6.45) is 5.11. The van der Waals surface area contributed by atoms with Gasteiger partial charge in [-0.05, 0) is 30.4 Å². The van der Waals surface area contributed by atoms with Crippen LogP contribution in [0.4, 0.5) is 5.69 Å². The quantitative estimate of drug-likeness (QED) is 0.283. The van der Waals surface area contributed by atoms with Crippen molar-refractivity contribution in [1.82, 2.24) is 15.5 Å². The van der Waals surface area contributed by atoms with E-state index in [4.69, 9.17) is 0 Å². The van der Waals surface area contributed by atoms with Gasteiger partial charge in [0.25, 0.3) is 0 Å². The number of hydrogen-bond acceptors (Lipinski definition) is 4. The first-order valence-electron chi connectivity index (χ1n) is 9.91. The highest BCUT2D eigenvalue weighted by Gasteiger charge is 2.58. The van der Waals surface area contributed by atoms with Gasteiger partial charge in [0.1, 0.15) is 0 Å². The van der Waals surface area contributed by atoms with Gasteiger partial charge in [-0.25, -0.2) is 0 Å². The van der Waals surface area contributed by atoms with Crippen molar-refractivity contribution >= 4 is 29.4 Å². The number of anilines is 1. The van der Waals surface area contributed by atoms with Gasteiger partial charge in [-0.2, -0.15) is 0 Å². The topological polar surface area (TPSA) is 103 Å². The lowest BCUT2D eigenvalue weighted by Crippen LogP contribution is -2.45. The van der Waals surface area contributed by atoms with Crippen LogP contribution in [0.25, 0.3) is 0 Å². The van der Waals surface area contributed by atoms with E-state index in [0.717, 1.165) is 12.1 Å². The average molecular weight is 395 g/mol. The smallest absolute Gasteiger partial charge is 0.243 e. The van der Waals surface area contributed by atoms with Crippen molar-refractivity contribution in [3.63, 3.8) is 0 Å². The molecule has 1 aliphatic heterocycles. The number of amides is 3. The molecule has 1 aromatic carbocycles. The number of nitrogens with one attached hydrogen (secondary N) is 3. The number of hydrogen-bond donors (Lipinski definition) is 3. The number of rotatable bonds is 6. The zero-order valence-corrected chi connectivity index (χ0v) is 16.3. The summed E-state index contributed by atoms with van der Waals surface area (Å²) >= 11 is 0. The summed E-state index contributed by atoms with van der Waals surface area (Å²) in [6.45, 7) is 0.718. The Morgan fingerprint density at radius 2 is 1.72 bits per heavy atom. The third-order valence-electron chi connectivity index (χ3n) is 5.89. The van der Waals surface area contributed by atoms with E-state index >= 15 is 0 Å². The summed E-state index contributed by atoms with van der Waals surface area (Å²) in [5.41, 5.74) is 0.724. The molecule has 2 aliphatic carbocycles. The highest BCUT2D eigenvalue weighted by atomic mass is 16.2. The summed E-state index contributed by atoms with van der Waals surface area (Å²) < 4.78 is 0. The molecule has 1 heterocycles. The highest BCUT2D eigenvalue weighted by Crippen LogP contribution is 2.52. The van der Waals surface area contributed by atoms with Gasteiger partial charge in [-0.15, -0.1) is 0 Å². The normalized spacial score (nSPS) is 27.3. The molecule has 3 N–H and O–H groups in total. The summed E-state index contributed by atoms with van der Waals surface area (Å²) in [5, 5.41) is 8.77. The zero-order chi connectivity index (χ0) is 20.4. The van der Waals surface area contributed by atoms with Crippen molar-refractivity contribution in [2.75, 3.05) is 32.0 Å². The Bertz CT molecular complexity index is 836. The molecule has 8 nitrogen and oxygen atoms in total. The zero-order valence-electron chi connectivity index (χ0n) is 16.3. The Hall–Kier alpha value is -3.16. The van der Waals surface area contributed by atoms with E-state index in [1.807, 2.05) is 30.3 Å². The van der Waals surface area contributed by atoms with Crippen LogP contribution >= 0.6 is 0 Å². The first-order valence-corrected chi connectivity index (χ1v) is 9.91. The molecule has 0 radical (unpaired) electrons. The van der Waals surface area contributed by atoms with Crippen molar-refractivity contribution in [3.8, 4) is 0 Å². The minimum Gasteiger partial charge on any atom is -0.355 e. The fourth-order valence-electron chi connectivity index (χ4n) is 4.58. The number of guanidine groups is 1. The summed E-state index contributed by atoms with van der Waals surface area (Å²) in [4.78, 5) is 42.8. The van der Waals surface area contributed by atoms with Crippen molar-refractivity contribution in [3.05, 3.63) is 42.5 Å². The third kappa shape index (κ3) is 3.74. The maximum absolute atomic E-state index is 12.7. The Labute approximate surface area is 169 Å². The van der Waals surface area contributed by atoms with Crippen LogP contribution in [-0.4, -0.2) is 55.3 Å². The van der Waals surface area contributed by atoms with E-state index in [1.54, 1.807) is 7.05 Å². The molecular weight excluding hydrogens is 370 g/mol. The molecule has 2 bridgehead atoms. The predicted molar refractivity (Wildman–Crippen MR) is 109 cm³/mol. The molecule has 29 heavy (non-hydrogen) atoms. The number of fused-ring (bicyclic) bond motifs is 5. The van der Waals surface area contributed by atoms with Crippen molar-refractivity contribution in [1.29, 1.82) is 0 Å². The Morgan fingerprint density at radius 1 is 1.07 bits per heavy atom. The molecule has 4 rings (SSSR count). The van der Waals surface area contributed by atoms with Gasteiger partial charge in [-0.3, -0.25) is 24.3 Å². The largest absolute Gasteiger partial charge is 0.355 e. The van der Waals surface area contributed by atoms with Crippen molar-refractivity contribution < 1.29 is 14.4 Å². The lowest BCUT2D eigenvalue weighted by molar-refractivity contribution is -0.140. The van der Waals surface area contributed by atoms with Crippen LogP contribution in [0.2, 0.25) is 0 Å². The predicted octanol–water partition coefficient (Wildman–Crippen LogP) is 0.597. The molecule has 3 amide bonds. The second-order valence-electron chi connectivity index (χ2n) is 7.59. The molecule has 0 aromatic heterocycles. The van der Waals surface area contributed by atoms with Gasteiger partial charge in [0.05, 0.1) is 18.4 Å². The monoisotopic (exact) mass is 395 g/mol. The van der Waals surface area contributed by atoms with Crippen LogP contribution in [0.1, 0.15) is 6.42 Å². The standard InChI is InChI=1S/C21H25N5O3/c1-22-21(24-12-16(27)25-15-5-3-2-4-6-15)23-9-10-26-19(28)17-13-7-8-14(11-13)18(17)20(26)29/h2-8,13-14,17-18H,9-12H2,1H3,(H,25,27)(H2,22,23,24). The molecule has 1 saturated heterocycles. The van der Waals surface area contributed by atoms with Crippen LogP contribution in [0.15, 0.2) is 47.5 Å². The van der Waals surface area contributed by atoms with Gasteiger partial charge in [-0.1, -0.05) is 30.4 Å². The van der Waals surface area contributed by atoms with Crippen LogP contribution in [-0.2, 0) is 14.4 Å². The second-order valence-corrected chi connectivity index (χ2v) is 7.59. The summed E-state index contributed by atoms with van der Waals surface area (Å²) in [7, 11) is 1.60. The maximum Gasteiger partial charge on any atom is 0.243 e. The van der Waals surface area contributed by atoms with E-state index < -0.39 is 0 Å². The number of para-hydroxylation sites is 1. The molecule has 8 heteroatoms. The van der Waals surface area contributed by atoms with Gasteiger partial charge in [0.15, 0.2) is 5.96 Å². The summed E-state index contributed by atoms with van der Waals surface area (Å²) in [6, 6.07) is 9.20. The van der Waals surface area contributed by atoms with E-state index in [0.29, 0.717) is 19.0 Å². The number of allylic oxidation sites excluding steroid dienone is 2. The minimum atomic E-state index is -0.195. The fraction of sp³-hybridized carbons (Fsp3) is 0.429. The maximum atomic E-state index is 12.7. The van der Waals surface area contributed by atoms with E-state index in [2.05, 4.69) is 33.1 Å². The van der Waals surface area contributed by atoms with Crippen LogP contribution in [0, 0.1) is 23.7 Å². The van der Waals surface area contributed by atoms with Crippen molar-refractivity contribution in [2.45, 2.75) is 6.42 Å². The van der Waals surface area contributed by atoms with Gasteiger partial charge < -0.3 is 16.0 Å². The van der Waals surface area contributed by atoms with Gasteiger partial charge in [0.2, 0.25) is 17.7 Å². The number of aliphatic imine (C=N–C) groups is 1. The van der Waals surface area contributed by atoms with Gasteiger partial charge >= 0.3 is 0 Å². The van der Waals surface area contributed by atoms with Crippen LogP contribution in [0.5, 0.6) is 0 Å². The molecular formula is C21H25N5O3. The Kier molecular flexibility index (Phi) is 5.33. The molecule has 152 valence electrons. The highest BCUT2D eigenvalue weighted by molar-refractivity contribution is 6.06. The van der Waals surface area contributed by atoms with Crippen LogP contribution in [0.3, 0.4) is 0 Å². The van der Waals surface area contributed by atoms with E-state index in [9.17, 15) is 14.4 Å². The molecule has 3 aliphatic rings. The molecule has 1 aromatic rings. The first-order chi connectivity index (χ1) is 14.1. The number of carbonyl (C=O) groups excluding carboxylic acids is 3. The SMILES string of the molecule is CN=C(NCCN1C(=O)C2C3C=CC(C3)C2C1=O)NCC(=O)Nc1ccccc1. The summed E-state index contributed by atoms with van der Waals surface area (Å²) in [5.74, 6) is 0.240. The van der Waals surface area contributed by atoms with E-state index in [-0.39, 0.29) is 47.9 Å². The molecule has 4 unspecified atom stereocenters. The fourth-order valence-corrected chi connectivity index (χ4v) is 4.58. The van der Waals surface area contributed by atoms with Crippen molar-refractivity contribution in [2.24, 2.45) is 28.7 Å². The van der Waals surface area contributed by atoms with Gasteiger partial charge in [0, 0.05) is 25.8 Å². The number of likely N-dealkylation sites (tertiary alicyclic amines) is 1. The number of imide groups is 1. The molecule has 0 spiro atoms. The lowest BCUT2D eigenvalue weighted by atomic mass is 9.85. The second kappa shape index (κ2) is 8.06. The lowest BCUT2D eigenvalue weighted by Gasteiger charge is -2.18. The Morgan fingerprint density at radius 3 is 2.34 bits per heavy atom. The average Bonchev–Trinajstić information content (AvgIpc) is 3.40. The van der Waals surface area contributed by atoms with Crippen LogP contribution < -0.4 is 16.0 Å². The molecule has 1 saturated carbocycles. The minimum absolute atomic E-state index is 0.0509. The first kappa shape index (κ1) is 19.2. The molecule has 4 atom stereocenters. The number of nitrogens with zero attached hydrogens (tertiary/aromatic N) is 2.